The van der Waals surface area contributed by atoms with Crippen LogP contribution >= 0.6 is 0 Å². The molecule has 17 heavy (non-hydrogen) atoms. The standard InChI is InChI=1S/C13H16FNOS/c1-9(2)10(3)17(16)8-11-4-5-13(14)12(6-11)7-15/h4-6,9-10H,8H2,1-3H3. The van der Waals surface area contributed by atoms with E-state index in [1.807, 2.05) is 20.8 Å². The first-order chi connectivity index (χ1) is 7.95. The third kappa shape index (κ3) is 3.64. The fourth-order valence-corrected chi connectivity index (χ4v) is 2.73. The molecule has 0 aliphatic heterocycles. The van der Waals surface area contributed by atoms with Crippen LogP contribution in [0, 0.1) is 23.1 Å². The number of rotatable bonds is 4. The van der Waals surface area contributed by atoms with Gasteiger partial charge in [0.05, 0.1) is 5.56 Å². The molecular formula is C13H16FNOS. The van der Waals surface area contributed by atoms with E-state index in [-0.39, 0.29) is 10.8 Å². The molecule has 1 aromatic rings. The molecule has 0 aliphatic rings. The Morgan fingerprint density at radius 2 is 2.06 bits per heavy atom. The monoisotopic (exact) mass is 253 g/mol. The van der Waals surface area contributed by atoms with Gasteiger partial charge in [-0.15, -0.1) is 0 Å². The number of hydrogen-bond acceptors (Lipinski definition) is 2. The number of hydrogen-bond donors (Lipinski definition) is 0. The van der Waals surface area contributed by atoms with Crippen LogP contribution in [-0.2, 0) is 16.6 Å². The van der Waals surface area contributed by atoms with Crippen molar-refractivity contribution < 1.29 is 8.60 Å². The Balaban J connectivity index is 2.83. The Hall–Kier alpha value is -1.21. The second kappa shape index (κ2) is 5.92. The molecule has 0 aromatic heterocycles. The highest BCUT2D eigenvalue weighted by Gasteiger charge is 2.15. The van der Waals surface area contributed by atoms with Crippen molar-refractivity contribution in [3.8, 4) is 6.07 Å². The topological polar surface area (TPSA) is 40.9 Å². The Kier molecular flexibility index (Phi) is 4.83. The third-order valence-corrected chi connectivity index (χ3v) is 4.81. The summed E-state index contributed by atoms with van der Waals surface area (Å²) in [5, 5.41) is 8.80. The van der Waals surface area contributed by atoms with E-state index >= 15 is 0 Å². The van der Waals surface area contributed by atoms with Gasteiger partial charge in [-0.1, -0.05) is 26.8 Å². The molecule has 4 heteroatoms. The van der Waals surface area contributed by atoms with Gasteiger partial charge < -0.3 is 0 Å². The van der Waals surface area contributed by atoms with E-state index in [0.29, 0.717) is 11.7 Å². The van der Waals surface area contributed by atoms with Crippen molar-refractivity contribution >= 4 is 10.8 Å². The molecule has 2 atom stereocenters. The summed E-state index contributed by atoms with van der Waals surface area (Å²) in [5.41, 5.74) is 0.755. The van der Waals surface area contributed by atoms with Crippen molar-refractivity contribution in [1.29, 1.82) is 5.26 Å². The highest BCUT2D eigenvalue weighted by molar-refractivity contribution is 7.84. The zero-order valence-corrected chi connectivity index (χ0v) is 11.1. The molecular weight excluding hydrogens is 237 g/mol. The van der Waals surface area contributed by atoms with Gasteiger partial charge in [-0.05, 0) is 23.6 Å². The summed E-state index contributed by atoms with van der Waals surface area (Å²) < 4.78 is 25.1. The highest BCUT2D eigenvalue weighted by Crippen LogP contribution is 2.16. The number of nitriles is 1. The second-order valence-corrected chi connectivity index (χ2v) is 6.19. The number of halogens is 1. The minimum absolute atomic E-state index is 0.0108. The van der Waals surface area contributed by atoms with Gasteiger partial charge in [-0.2, -0.15) is 5.26 Å². The molecule has 0 fully saturated rings. The van der Waals surface area contributed by atoms with Crippen molar-refractivity contribution in [2.24, 2.45) is 5.92 Å². The Morgan fingerprint density at radius 3 is 2.59 bits per heavy atom. The molecule has 0 radical (unpaired) electrons. The van der Waals surface area contributed by atoms with Crippen LogP contribution in [-0.4, -0.2) is 9.46 Å². The average molecular weight is 253 g/mol. The lowest BCUT2D eigenvalue weighted by atomic mass is 10.1. The molecule has 1 rings (SSSR count). The van der Waals surface area contributed by atoms with Gasteiger partial charge >= 0.3 is 0 Å². The maximum Gasteiger partial charge on any atom is 0.140 e. The predicted molar refractivity (Wildman–Crippen MR) is 67.3 cm³/mol. The van der Waals surface area contributed by atoms with Crippen molar-refractivity contribution in [2.75, 3.05) is 0 Å². The van der Waals surface area contributed by atoms with Crippen LogP contribution in [0.2, 0.25) is 0 Å². The smallest absolute Gasteiger partial charge is 0.140 e. The van der Waals surface area contributed by atoms with E-state index in [2.05, 4.69) is 0 Å². The summed E-state index contributed by atoms with van der Waals surface area (Å²) >= 11 is 0. The third-order valence-electron chi connectivity index (χ3n) is 2.81. The predicted octanol–water partition coefficient (Wildman–Crippen LogP) is 2.99. The molecule has 1 aromatic carbocycles. The Morgan fingerprint density at radius 1 is 1.41 bits per heavy atom. The van der Waals surface area contributed by atoms with E-state index in [9.17, 15) is 8.60 Å². The van der Waals surface area contributed by atoms with E-state index in [1.54, 1.807) is 12.1 Å². The maximum atomic E-state index is 13.1. The van der Waals surface area contributed by atoms with Crippen LogP contribution in [0.15, 0.2) is 18.2 Å². The summed E-state index contributed by atoms with van der Waals surface area (Å²) in [6.07, 6.45) is 0. The van der Waals surface area contributed by atoms with Crippen molar-refractivity contribution in [2.45, 2.75) is 31.8 Å². The van der Waals surface area contributed by atoms with E-state index in [4.69, 9.17) is 5.26 Å². The zero-order valence-electron chi connectivity index (χ0n) is 10.2. The van der Waals surface area contributed by atoms with Crippen molar-refractivity contribution in [3.63, 3.8) is 0 Å². The van der Waals surface area contributed by atoms with Gasteiger partial charge in [0.2, 0.25) is 0 Å². The van der Waals surface area contributed by atoms with Gasteiger partial charge in [-0.25, -0.2) is 4.39 Å². The number of benzene rings is 1. The summed E-state index contributed by atoms with van der Waals surface area (Å²) in [5.74, 6) is 0.180. The van der Waals surface area contributed by atoms with Crippen LogP contribution in [0.25, 0.3) is 0 Å². The second-order valence-electron chi connectivity index (χ2n) is 4.40. The van der Waals surface area contributed by atoms with Gasteiger partial charge in [0.1, 0.15) is 11.9 Å². The van der Waals surface area contributed by atoms with Crippen LogP contribution in [0.3, 0.4) is 0 Å². The Bertz CT molecular complexity index is 465. The summed E-state index contributed by atoms with van der Waals surface area (Å²) in [4.78, 5) is 0. The van der Waals surface area contributed by atoms with Gasteiger partial charge in [0.15, 0.2) is 0 Å². The molecule has 0 amide bonds. The molecule has 0 N–H and O–H groups in total. The summed E-state index contributed by atoms with van der Waals surface area (Å²) in [6, 6.07) is 6.10. The molecule has 2 nitrogen and oxygen atoms in total. The fourth-order valence-electron chi connectivity index (χ4n) is 1.35. The van der Waals surface area contributed by atoms with Crippen molar-refractivity contribution in [1.82, 2.24) is 0 Å². The normalized spacial score (nSPS) is 14.4. The summed E-state index contributed by atoms with van der Waals surface area (Å²) in [6.45, 7) is 5.98. The lowest BCUT2D eigenvalue weighted by Gasteiger charge is -2.15. The van der Waals surface area contributed by atoms with E-state index in [0.717, 1.165) is 5.56 Å². The largest absolute Gasteiger partial charge is 0.259 e. The first-order valence-corrected chi connectivity index (χ1v) is 6.89. The fraction of sp³-hybridized carbons (Fsp3) is 0.462. The molecule has 92 valence electrons. The minimum Gasteiger partial charge on any atom is -0.259 e. The van der Waals surface area contributed by atoms with Crippen molar-refractivity contribution in [3.05, 3.63) is 35.1 Å². The van der Waals surface area contributed by atoms with Gasteiger partial charge in [0.25, 0.3) is 0 Å². The molecule has 0 heterocycles. The SMILES string of the molecule is CC(C)C(C)S(=O)Cc1ccc(F)c(C#N)c1. The van der Waals surface area contributed by atoms with Crippen LogP contribution in [0.5, 0.6) is 0 Å². The van der Waals surface area contributed by atoms with E-state index in [1.165, 1.54) is 12.1 Å². The quantitative estimate of drug-likeness (QED) is 0.827. The van der Waals surface area contributed by atoms with Crippen LogP contribution in [0.4, 0.5) is 4.39 Å². The average Bonchev–Trinajstić information content (AvgIpc) is 2.30. The lowest BCUT2D eigenvalue weighted by Crippen LogP contribution is -2.19. The zero-order chi connectivity index (χ0) is 13.0. The van der Waals surface area contributed by atoms with Crippen LogP contribution < -0.4 is 0 Å². The van der Waals surface area contributed by atoms with Gasteiger partial charge in [-0.3, -0.25) is 4.21 Å². The van der Waals surface area contributed by atoms with E-state index < -0.39 is 16.6 Å². The molecule has 0 spiro atoms. The van der Waals surface area contributed by atoms with Crippen LogP contribution in [0.1, 0.15) is 31.9 Å². The maximum absolute atomic E-state index is 13.1. The highest BCUT2D eigenvalue weighted by atomic mass is 32.2. The molecule has 0 saturated heterocycles. The Labute approximate surface area is 104 Å². The number of nitrogens with zero attached hydrogens (tertiary/aromatic N) is 1. The van der Waals surface area contributed by atoms with Gasteiger partial charge in [0, 0.05) is 21.8 Å². The molecule has 0 bridgehead atoms. The molecule has 2 unspecified atom stereocenters. The first-order valence-electron chi connectivity index (χ1n) is 5.51. The molecule has 0 aliphatic carbocycles. The lowest BCUT2D eigenvalue weighted by molar-refractivity contribution is 0.604. The summed E-state index contributed by atoms with van der Waals surface area (Å²) in [7, 11) is -0.995. The molecule has 0 saturated carbocycles. The minimum atomic E-state index is -0.995. The first kappa shape index (κ1) is 13.9.